The van der Waals surface area contributed by atoms with E-state index in [1.165, 1.54) is 0 Å². The van der Waals surface area contributed by atoms with Crippen LogP contribution < -0.4 is 5.73 Å². The third-order valence-corrected chi connectivity index (χ3v) is 4.54. The van der Waals surface area contributed by atoms with Gasteiger partial charge < -0.3 is 15.5 Å². The van der Waals surface area contributed by atoms with E-state index in [1.54, 1.807) is 0 Å². The van der Waals surface area contributed by atoms with Crippen molar-refractivity contribution >= 4 is 11.8 Å². The van der Waals surface area contributed by atoms with E-state index in [1.807, 2.05) is 54.8 Å². The van der Waals surface area contributed by atoms with Crippen LogP contribution in [-0.4, -0.2) is 53.8 Å². The number of carbonyl (C=O) groups excluding carboxylic acids is 2. The molecule has 2 unspecified atom stereocenters. The maximum absolute atomic E-state index is 12.6. The maximum atomic E-state index is 12.6. The average Bonchev–Trinajstić information content (AvgIpc) is 2.78. The van der Waals surface area contributed by atoms with Crippen molar-refractivity contribution in [2.24, 2.45) is 11.7 Å². The smallest absolute Gasteiger partial charge is 0.253 e. The Hall–Kier alpha value is -1.88. The largest absolute Gasteiger partial charge is 0.341 e. The molecule has 2 rings (SSSR count). The predicted octanol–water partition coefficient (Wildman–Crippen LogP) is 1.65. The quantitative estimate of drug-likeness (QED) is 0.922. The molecule has 2 atom stereocenters. The van der Waals surface area contributed by atoms with Gasteiger partial charge in [0.15, 0.2) is 0 Å². The van der Waals surface area contributed by atoms with E-state index in [0.29, 0.717) is 31.7 Å². The molecule has 1 fully saturated rings. The molecule has 0 aromatic heterocycles. The zero-order valence-corrected chi connectivity index (χ0v) is 14.3. The number of benzene rings is 1. The van der Waals surface area contributed by atoms with Gasteiger partial charge in [0.25, 0.3) is 5.91 Å². The number of hydrogen-bond acceptors (Lipinski definition) is 3. The highest BCUT2D eigenvalue weighted by atomic mass is 16.2. The zero-order chi connectivity index (χ0) is 17.0. The summed E-state index contributed by atoms with van der Waals surface area (Å²) in [6, 6.07) is 7.49. The summed E-state index contributed by atoms with van der Waals surface area (Å²) < 4.78 is 0. The van der Waals surface area contributed by atoms with Crippen LogP contribution in [0.25, 0.3) is 0 Å². The van der Waals surface area contributed by atoms with Crippen molar-refractivity contribution in [3.63, 3.8) is 0 Å². The molecule has 0 bridgehead atoms. The molecule has 1 heterocycles. The molecule has 1 aliphatic rings. The summed E-state index contributed by atoms with van der Waals surface area (Å²) in [6.45, 7) is 8.23. The number of nitrogens with two attached hydrogens (primary N) is 1. The van der Waals surface area contributed by atoms with Gasteiger partial charge in [-0.2, -0.15) is 0 Å². The van der Waals surface area contributed by atoms with E-state index in [-0.39, 0.29) is 23.8 Å². The second kappa shape index (κ2) is 7.59. The third kappa shape index (κ3) is 4.32. The summed E-state index contributed by atoms with van der Waals surface area (Å²) in [5, 5.41) is 0. The fraction of sp³-hybridized carbons (Fsp3) is 0.556. The molecule has 1 aliphatic heterocycles. The van der Waals surface area contributed by atoms with Crippen LogP contribution in [0.15, 0.2) is 24.3 Å². The summed E-state index contributed by atoms with van der Waals surface area (Å²) in [5.41, 5.74) is 7.63. The fourth-order valence-corrected chi connectivity index (χ4v) is 2.81. The molecule has 0 radical (unpaired) electrons. The number of rotatable bonds is 3. The highest BCUT2D eigenvalue weighted by Gasteiger charge is 2.26. The maximum Gasteiger partial charge on any atom is 0.253 e. The van der Waals surface area contributed by atoms with Crippen LogP contribution in [0.2, 0.25) is 0 Å². The molecular weight excluding hydrogens is 290 g/mol. The van der Waals surface area contributed by atoms with E-state index in [0.717, 1.165) is 12.0 Å². The number of carbonyl (C=O) groups is 2. The number of nitrogens with zero attached hydrogens (tertiary/aromatic N) is 2. The van der Waals surface area contributed by atoms with E-state index in [2.05, 4.69) is 0 Å². The van der Waals surface area contributed by atoms with Gasteiger partial charge in [-0.1, -0.05) is 24.6 Å². The van der Waals surface area contributed by atoms with Gasteiger partial charge in [0.1, 0.15) is 0 Å². The SMILES string of the molecule is Cc1cccc(C(=O)N2CCCN(C(=O)C(C)C(C)N)CC2)c1. The highest BCUT2D eigenvalue weighted by molar-refractivity contribution is 5.94. The Kier molecular flexibility index (Phi) is 5.77. The minimum absolute atomic E-state index is 0.0447. The molecule has 126 valence electrons. The van der Waals surface area contributed by atoms with Crippen molar-refractivity contribution in [3.05, 3.63) is 35.4 Å². The van der Waals surface area contributed by atoms with Gasteiger partial charge in [0.2, 0.25) is 5.91 Å². The van der Waals surface area contributed by atoms with Gasteiger partial charge in [-0.3, -0.25) is 9.59 Å². The molecule has 1 aromatic carbocycles. The summed E-state index contributed by atoms with van der Waals surface area (Å²) in [7, 11) is 0. The number of hydrogen-bond donors (Lipinski definition) is 1. The summed E-state index contributed by atoms with van der Waals surface area (Å²) >= 11 is 0. The van der Waals surface area contributed by atoms with Crippen molar-refractivity contribution in [1.29, 1.82) is 0 Å². The number of amides is 2. The summed E-state index contributed by atoms with van der Waals surface area (Å²) in [5.74, 6) is -0.0536. The first-order valence-electron chi connectivity index (χ1n) is 8.30. The second-order valence-electron chi connectivity index (χ2n) is 6.49. The lowest BCUT2D eigenvalue weighted by atomic mass is 10.0. The Morgan fingerprint density at radius 3 is 2.39 bits per heavy atom. The van der Waals surface area contributed by atoms with Gasteiger partial charge in [0.05, 0.1) is 5.92 Å². The first-order valence-corrected chi connectivity index (χ1v) is 8.30. The molecule has 5 nitrogen and oxygen atoms in total. The topological polar surface area (TPSA) is 66.6 Å². The number of aryl methyl sites for hydroxylation is 1. The van der Waals surface area contributed by atoms with Crippen LogP contribution >= 0.6 is 0 Å². The summed E-state index contributed by atoms with van der Waals surface area (Å²) in [6.07, 6.45) is 0.801. The van der Waals surface area contributed by atoms with Gasteiger partial charge in [-0.25, -0.2) is 0 Å². The molecule has 1 saturated heterocycles. The van der Waals surface area contributed by atoms with Crippen molar-refractivity contribution in [1.82, 2.24) is 9.80 Å². The van der Waals surface area contributed by atoms with Gasteiger partial charge in [0, 0.05) is 37.8 Å². The fourth-order valence-electron chi connectivity index (χ4n) is 2.81. The van der Waals surface area contributed by atoms with E-state index in [4.69, 9.17) is 5.73 Å². The van der Waals surface area contributed by atoms with Gasteiger partial charge >= 0.3 is 0 Å². The molecule has 0 aliphatic carbocycles. The Balaban J connectivity index is 2.01. The van der Waals surface area contributed by atoms with Crippen LogP contribution in [0.1, 0.15) is 36.2 Å². The Morgan fingerprint density at radius 2 is 1.74 bits per heavy atom. The third-order valence-electron chi connectivity index (χ3n) is 4.54. The summed E-state index contributed by atoms with van der Waals surface area (Å²) in [4.78, 5) is 28.7. The van der Waals surface area contributed by atoms with Crippen molar-refractivity contribution in [2.75, 3.05) is 26.2 Å². The Bertz CT molecular complexity index is 571. The molecule has 0 spiro atoms. The molecular formula is C18H27N3O2. The molecule has 0 saturated carbocycles. The van der Waals surface area contributed by atoms with Gasteiger partial charge in [-0.05, 0) is 32.4 Å². The zero-order valence-electron chi connectivity index (χ0n) is 14.3. The van der Waals surface area contributed by atoms with Crippen LogP contribution in [0.4, 0.5) is 0 Å². The lowest BCUT2D eigenvalue weighted by molar-refractivity contribution is -0.135. The minimum atomic E-state index is -0.186. The highest BCUT2D eigenvalue weighted by Crippen LogP contribution is 2.13. The van der Waals surface area contributed by atoms with E-state index in [9.17, 15) is 9.59 Å². The van der Waals surface area contributed by atoms with Crippen LogP contribution in [0, 0.1) is 12.8 Å². The first kappa shape index (κ1) is 17.5. The lowest BCUT2D eigenvalue weighted by Crippen LogP contribution is -2.43. The molecule has 23 heavy (non-hydrogen) atoms. The lowest BCUT2D eigenvalue weighted by Gasteiger charge is -2.26. The Labute approximate surface area is 138 Å². The Morgan fingerprint density at radius 1 is 1.09 bits per heavy atom. The monoisotopic (exact) mass is 317 g/mol. The first-order chi connectivity index (χ1) is 10.9. The second-order valence-corrected chi connectivity index (χ2v) is 6.49. The molecule has 2 N–H and O–H groups in total. The molecule has 1 aromatic rings. The van der Waals surface area contributed by atoms with Crippen molar-refractivity contribution in [2.45, 2.75) is 33.2 Å². The van der Waals surface area contributed by atoms with Crippen LogP contribution in [-0.2, 0) is 4.79 Å². The average molecular weight is 317 g/mol. The van der Waals surface area contributed by atoms with E-state index < -0.39 is 0 Å². The molecule has 2 amide bonds. The normalized spacial score (nSPS) is 18.3. The van der Waals surface area contributed by atoms with Crippen LogP contribution in [0.5, 0.6) is 0 Å². The van der Waals surface area contributed by atoms with Crippen LogP contribution in [0.3, 0.4) is 0 Å². The predicted molar refractivity (Wildman–Crippen MR) is 91.1 cm³/mol. The van der Waals surface area contributed by atoms with Crippen molar-refractivity contribution < 1.29 is 9.59 Å². The minimum Gasteiger partial charge on any atom is -0.341 e. The molecule has 5 heteroatoms. The van der Waals surface area contributed by atoms with Gasteiger partial charge in [-0.15, -0.1) is 0 Å². The van der Waals surface area contributed by atoms with E-state index >= 15 is 0 Å². The standard InChI is InChI=1S/C18H27N3O2/c1-13-6-4-7-16(12-13)18(23)21-9-5-8-20(10-11-21)17(22)14(2)15(3)19/h4,6-7,12,14-15H,5,8-11,19H2,1-3H3. The van der Waals surface area contributed by atoms with Crippen molar-refractivity contribution in [3.8, 4) is 0 Å².